The van der Waals surface area contributed by atoms with Crippen molar-refractivity contribution < 1.29 is 13.5 Å². The van der Waals surface area contributed by atoms with Gasteiger partial charge in [-0.05, 0) is 89.9 Å². The first-order chi connectivity index (χ1) is 16.8. The van der Waals surface area contributed by atoms with E-state index < -0.39 is 10.0 Å². The first-order valence-corrected chi connectivity index (χ1v) is 14.2. The fourth-order valence-electron chi connectivity index (χ4n) is 4.82. The van der Waals surface area contributed by atoms with Crippen molar-refractivity contribution in [3.63, 3.8) is 0 Å². The molecule has 1 aliphatic rings. The molecular formula is C29H27NO3S2. The lowest BCUT2D eigenvalue weighted by Gasteiger charge is -2.39. The first kappa shape index (κ1) is 23.5. The van der Waals surface area contributed by atoms with Crippen LogP contribution in [-0.4, -0.2) is 19.8 Å². The van der Waals surface area contributed by atoms with E-state index in [0.717, 1.165) is 27.8 Å². The second kappa shape index (κ2) is 9.10. The number of aryl methyl sites for hydroxylation is 1. The molecule has 4 aromatic carbocycles. The van der Waals surface area contributed by atoms with Crippen molar-refractivity contribution in [1.29, 1.82) is 0 Å². The highest BCUT2D eigenvalue weighted by Crippen LogP contribution is 2.49. The number of phenols is 1. The molecule has 0 radical (unpaired) electrons. The van der Waals surface area contributed by atoms with Crippen LogP contribution >= 0.6 is 11.8 Å². The van der Waals surface area contributed by atoms with Crippen LogP contribution in [0.25, 0.3) is 22.3 Å². The van der Waals surface area contributed by atoms with E-state index in [-0.39, 0.29) is 16.7 Å². The predicted octanol–water partition coefficient (Wildman–Crippen LogP) is 7.42. The SMILES string of the molecule is CCC1c2ccccc2-c2cc(-c3ccc(SC)cc3)ccc2N1S(=O)(=O)c1ccc(O)c(C)c1. The second-order valence-corrected chi connectivity index (χ2v) is 11.4. The molecule has 5 rings (SSSR count). The third-order valence-corrected chi connectivity index (χ3v) is 9.22. The lowest BCUT2D eigenvalue weighted by molar-refractivity contribution is 0.470. The highest BCUT2D eigenvalue weighted by molar-refractivity contribution is 7.98. The average molecular weight is 502 g/mol. The number of hydrogen-bond donors (Lipinski definition) is 1. The molecule has 1 heterocycles. The fraction of sp³-hybridized carbons (Fsp3) is 0.172. The van der Waals surface area contributed by atoms with Crippen molar-refractivity contribution in [3.8, 4) is 28.0 Å². The summed E-state index contributed by atoms with van der Waals surface area (Å²) >= 11 is 1.70. The van der Waals surface area contributed by atoms with E-state index in [1.165, 1.54) is 17.0 Å². The Morgan fingerprint density at radius 1 is 0.886 bits per heavy atom. The smallest absolute Gasteiger partial charge is 0.264 e. The molecule has 6 heteroatoms. The summed E-state index contributed by atoms with van der Waals surface area (Å²) in [6.45, 7) is 3.72. The maximum atomic E-state index is 14.1. The van der Waals surface area contributed by atoms with Crippen LogP contribution in [0.2, 0.25) is 0 Å². The normalized spacial score (nSPS) is 14.9. The zero-order valence-electron chi connectivity index (χ0n) is 19.9. The largest absolute Gasteiger partial charge is 0.508 e. The Morgan fingerprint density at radius 3 is 2.29 bits per heavy atom. The van der Waals surface area contributed by atoms with Crippen molar-refractivity contribution in [2.75, 3.05) is 10.6 Å². The summed E-state index contributed by atoms with van der Waals surface area (Å²) in [7, 11) is -3.89. The number of rotatable bonds is 5. The molecule has 4 aromatic rings. The summed E-state index contributed by atoms with van der Waals surface area (Å²) < 4.78 is 29.7. The van der Waals surface area contributed by atoms with Gasteiger partial charge in [0.05, 0.1) is 16.6 Å². The molecule has 0 saturated heterocycles. The molecule has 0 fully saturated rings. The number of thioether (sulfide) groups is 1. The van der Waals surface area contributed by atoms with Crippen LogP contribution < -0.4 is 4.31 Å². The van der Waals surface area contributed by atoms with Crippen LogP contribution in [0, 0.1) is 6.92 Å². The molecule has 0 bridgehead atoms. The summed E-state index contributed by atoms with van der Waals surface area (Å²) in [5.41, 5.74) is 6.28. The molecule has 1 unspecified atom stereocenters. The van der Waals surface area contributed by atoms with Gasteiger partial charge in [-0.25, -0.2) is 8.42 Å². The molecule has 0 aliphatic carbocycles. The second-order valence-electron chi connectivity index (χ2n) is 8.72. The fourth-order valence-corrected chi connectivity index (χ4v) is 7.04. The predicted molar refractivity (Wildman–Crippen MR) is 145 cm³/mol. The Hall–Kier alpha value is -3.22. The molecule has 0 saturated carbocycles. The van der Waals surface area contributed by atoms with Gasteiger partial charge in [0.1, 0.15) is 5.75 Å². The van der Waals surface area contributed by atoms with E-state index in [1.54, 1.807) is 29.1 Å². The van der Waals surface area contributed by atoms with Gasteiger partial charge < -0.3 is 5.11 Å². The minimum absolute atomic E-state index is 0.0810. The third kappa shape index (κ3) is 4.01. The Bertz CT molecular complexity index is 1510. The van der Waals surface area contributed by atoms with Gasteiger partial charge in [-0.2, -0.15) is 0 Å². The number of benzene rings is 4. The maximum absolute atomic E-state index is 14.1. The highest BCUT2D eigenvalue weighted by atomic mass is 32.2. The van der Waals surface area contributed by atoms with E-state index in [2.05, 4.69) is 42.7 Å². The number of hydrogen-bond acceptors (Lipinski definition) is 4. The van der Waals surface area contributed by atoms with Crippen LogP contribution in [0.3, 0.4) is 0 Å². The minimum atomic E-state index is -3.89. The first-order valence-electron chi connectivity index (χ1n) is 11.6. The number of anilines is 1. The van der Waals surface area contributed by atoms with Gasteiger partial charge in [0.2, 0.25) is 0 Å². The van der Waals surface area contributed by atoms with Crippen LogP contribution in [0.4, 0.5) is 5.69 Å². The summed E-state index contributed by atoms with van der Waals surface area (Å²) in [5, 5.41) is 9.97. The van der Waals surface area contributed by atoms with Gasteiger partial charge >= 0.3 is 0 Å². The molecule has 1 N–H and O–H groups in total. The van der Waals surface area contributed by atoms with Gasteiger partial charge in [0.25, 0.3) is 10.0 Å². The number of aromatic hydroxyl groups is 1. The molecule has 4 nitrogen and oxygen atoms in total. The van der Waals surface area contributed by atoms with Crippen LogP contribution in [0.5, 0.6) is 5.75 Å². The van der Waals surface area contributed by atoms with Crippen LogP contribution in [0.15, 0.2) is 94.7 Å². The van der Waals surface area contributed by atoms with Crippen LogP contribution in [0.1, 0.15) is 30.5 Å². The van der Waals surface area contributed by atoms with Crippen LogP contribution in [-0.2, 0) is 10.0 Å². The van der Waals surface area contributed by atoms with Crippen molar-refractivity contribution in [1.82, 2.24) is 0 Å². The molecular weight excluding hydrogens is 474 g/mol. The molecule has 0 aromatic heterocycles. The molecule has 0 spiro atoms. The topological polar surface area (TPSA) is 57.6 Å². The monoisotopic (exact) mass is 501 g/mol. The standard InChI is InChI=1S/C29H27NO3S2/c1-4-27-25-8-6-5-7-24(25)26-18-21(20-9-12-22(34-3)13-10-20)11-15-28(26)30(27)35(32,33)23-14-16-29(31)19(2)17-23/h5-18,27,31H,4H2,1-3H3. The average Bonchev–Trinajstić information content (AvgIpc) is 2.89. The maximum Gasteiger partial charge on any atom is 0.264 e. The van der Waals surface area contributed by atoms with E-state index in [1.807, 2.05) is 37.3 Å². The van der Waals surface area contributed by atoms with Gasteiger partial charge in [0.15, 0.2) is 0 Å². The number of sulfonamides is 1. The molecule has 1 atom stereocenters. The van der Waals surface area contributed by atoms with Crippen molar-refractivity contribution in [2.45, 2.75) is 36.1 Å². The lowest BCUT2D eigenvalue weighted by atomic mass is 9.87. The number of phenolic OH excluding ortho intramolecular Hbond substituents is 1. The van der Waals surface area contributed by atoms with Crippen molar-refractivity contribution in [3.05, 3.63) is 96.1 Å². The summed E-state index contributed by atoms with van der Waals surface area (Å²) in [6.07, 6.45) is 2.68. The Labute approximate surface area is 211 Å². The van der Waals surface area contributed by atoms with E-state index in [0.29, 0.717) is 17.7 Å². The molecule has 178 valence electrons. The summed E-state index contributed by atoms with van der Waals surface area (Å²) in [6, 6.07) is 26.6. The van der Waals surface area contributed by atoms with E-state index >= 15 is 0 Å². The lowest BCUT2D eigenvalue weighted by Crippen LogP contribution is -2.37. The number of nitrogens with zero attached hydrogens (tertiary/aromatic N) is 1. The van der Waals surface area contributed by atoms with Gasteiger partial charge in [0, 0.05) is 10.5 Å². The van der Waals surface area contributed by atoms with Gasteiger partial charge in [-0.3, -0.25) is 4.31 Å². The van der Waals surface area contributed by atoms with Crippen molar-refractivity contribution in [2.24, 2.45) is 0 Å². The Kier molecular flexibility index (Phi) is 6.11. The molecule has 35 heavy (non-hydrogen) atoms. The van der Waals surface area contributed by atoms with Gasteiger partial charge in [-0.15, -0.1) is 11.8 Å². The Balaban J connectivity index is 1.72. The van der Waals surface area contributed by atoms with Gasteiger partial charge in [-0.1, -0.05) is 49.4 Å². The van der Waals surface area contributed by atoms with E-state index in [9.17, 15) is 13.5 Å². The summed E-state index contributed by atoms with van der Waals surface area (Å²) in [4.78, 5) is 1.37. The summed E-state index contributed by atoms with van der Waals surface area (Å²) in [5.74, 6) is 0.0810. The van der Waals surface area contributed by atoms with Crippen molar-refractivity contribution >= 4 is 27.5 Å². The third-order valence-electron chi connectivity index (χ3n) is 6.66. The zero-order chi connectivity index (χ0) is 24.7. The minimum Gasteiger partial charge on any atom is -0.508 e. The number of fused-ring (bicyclic) bond motifs is 3. The van der Waals surface area contributed by atoms with E-state index in [4.69, 9.17) is 0 Å². The Morgan fingerprint density at radius 2 is 1.60 bits per heavy atom. The molecule has 0 amide bonds. The zero-order valence-corrected chi connectivity index (χ0v) is 21.5. The quantitative estimate of drug-likeness (QED) is 0.289. The molecule has 1 aliphatic heterocycles. The highest BCUT2D eigenvalue weighted by Gasteiger charge is 2.38.